The van der Waals surface area contributed by atoms with Crippen molar-refractivity contribution < 1.29 is 4.79 Å². The fourth-order valence-corrected chi connectivity index (χ4v) is 2.07. The number of aromatic nitrogens is 2. The number of hydrogen-bond acceptors (Lipinski definition) is 5. The van der Waals surface area contributed by atoms with Crippen molar-refractivity contribution in [1.29, 1.82) is 0 Å². The van der Waals surface area contributed by atoms with E-state index in [1.807, 2.05) is 30.9 Å². The molecule has 0 radical (unpaired) electrons. The van der Waals surface area contributed by atoms with Crippen LogP contribution in [0.15, 0.2) is 24.5 Å². The third kappa shape index (κ3) is 2.96. The molecule has 6 nitrogen and oxygen atoms in total. The third-order valence-corrected chi connectivity index (χ3v) is 3.03. The second-order valence-electron chi connectivity index (χ2n) is 4.44. The van der Waals surface area contributed by atoms with Crippen molar-refractivity contribution in [1.82, 2.24) is 15.3 Å². The Labute approximate surface area is 118 Å². The van der Waals surface area contributed by atoms with Crippen LogP contribution in [0.4, 0.5) is 11.5 Å². The molecule has 1 aromatic carbocycles. The Bertz CT molecular complexity index is 614. The Morgan fingerprint density at radius 1 is 1.35 bits per heavy atom. The monoisotopic (exact) mass is 273 g/mol. The van der Waals surface area contributed by atoms with E-state index in [1.54, 1.807) is 6.07 Å². The third-order valence-electron chi connectivity index (χ3n) is 3.03. The largest absolute Gasteiger partial charge is 0.399 e. The van der Waals surface area contributed by atoms with Gasteiger partial charge in [-0.2, -0.15) is 0 Å². The summed E-state index contributed by atoms with van der Waals surface area (Å²) in [5.74, 6) is 0.736. The molecule has 0 atom stereocenters. The zero-order chi connectivity index (χ0) is 14.5. The van der Waals surface area contributed by atoms with Gasteiger partial charge in [-0.05, 0) is 32.0 Å². The van der Waals surface area contributed by atoms with Crippen molar-refractivity contribution in [2.45, 2.75) is 13.8 Å². The zero-order valence-electron chi connectivity index (χ0n) is 11.8. The van der Waals surface area contributed by atoms with Crippen molar-refractivity contribution in [3.8, 4) is 0 Å². The lowest BCUT2D eigenvalue weighted by molar-refractivity contribution is -0.119. The first-order valence-electron chi connectivity index (χ1n) is 6.67. The number of carbonyl (C=O) groups is 1. The number of rotatable bonds is 5. The Kier molecular flexibility index (Phi) is 4.34. The van der Waals surface area contributed by atoms with Gasteiger partial charge in [0, 0.05) is 24.2 Å². The molecule has 0 spiro atoms. The lowest BCUT2D eigenvalue weighted by atomic mass is 10.2. The summed E-state index contributed by atoms with van der Waals surface area (Å²) in [6.45, 7) is 5.48. The van der Waals surface area contributed by atoms with Gasteiger partial charge in [0.2, 0.25) is 5.91 Å². The molecule has 2 rings (SSSR count). The van der Waals surface area contributed by atoms with Gasteiger partial charge < -0.3 is 16.0 Å². The van der Waals surface area contributed by atoms with Crippen LogP contribution in [0.1, 0.15) is 13.8 Å². The summed E-state index contributed by atoms with van der Waals surface area (Å²) in [6.07, 6.45) is 1.50. The van der Waals surface area contributed by atoms with Gasteiger partial charge in [-0.25, -0.2) is 9.97 Å². The first-order valence-corrected chi connectivity index (χ1v) is 6.67. The maximum Gasteiger partial charge on any atom is 0.239 e. The zero-order valence-corrected chi connectivity index (χ0v) is 11.8. The summed E-state index contributed by atoms with van der Waals surface area (Å²) in [7, 11) is 0. The van der Waals surface area contributed by atoms with E-state index in [-0.39, 0.29) is 12.5 Å². The predicted molar refractivity (Wildman–Crippen MR) is 80.5 cm³/mol. The molecule has 1 heterocycles. The van der Waals surface area contributed by atoms with Gasteiger partial charge >= 0.3 is 0 Å². The van der Waals surface area contributed by atoms with Gasteiger partial charge in [0.25, 0.3) is 0 Å². The van der Waals surface area contributed by atoms with E-state index in [2.05, 4.69) is 15.3 Å². The second-order valence-corrected chi connectivity index (χ2v) is 4.44. The summed E-state index contributed by atoms with van der Waals surface area (Å²) < 4.78 is 0. The highest BCUT2D eigenvalue weighted by Crippen LogP contribution is 2.24. The molecule has 0 saturated carbocycles. The maximum atomic E-state index is 11.8. The molecule has 0 saturated heterocycles. The Morgan fingerprint density at radius 2 is 2.15 bits per heavy atom. The fraction of sp³-hybridized carbons (Fsp3) is 0.357. The number of amides is 1. The molecule has 2 aromatic rings. The van der Waals surface area contributed by atoms with Gasteiger partial charge in [0.15, 0.2) is 0 Å². The number of likely N-dealkylation sites (N-methyl/N-ethyl adjacent to an activating group) is 2. The Hall–Kier alpha value is -2.37. The van der Waals surface area contributed by atoms with E-state index in [0.29, 0.717) is 18.8 Å². The number of nitrogens with zero attached hydrogens (tertiary/aromatic N) is 3. The molecule has 1 amide bonds. The number of hydrogen-bond donors (Lipinski definition) is 2. The molecule has 0 aliphatic carbocycles. The Morgan fingerprint density at radius 3 is 2.85 bits per heavy atom. The van der Waals surface area contributed by atoms with Crippen molar-refractivity contribution in [2.24, 2.45) is 0 Å². The topological polar surface area (TPSA) is 84.1 Å². The summed E-state index contributed by atoms with van der Waals surface area (Å²) >= 11 is 0. The van der Waals surface area contributed by atoms with Crippen LogP contribution in [0.2, 0.25) is 0 Å². The number of nitrogens with two attached hydrogens (primary N) is 1. The lowest BCUT2D eigenvalue weighted by Gasteiger charge is -2.22. The van der Waals surface area contributed by atoms with Crippen LogP contribution in [0.25, 0.3) is 10.9 Å². The fourth-order valence-electron chi connectivity index (χ4n) is 2.07. The van der Waals surface area contributed by atoms with Crippen LogP contribution in [0.3, 0.4) is 0 Å². The first kappa shape index (κ1) is 14.0. The molecule has 20 heavy (non-hydrogen) atoms. The average Bonchev–Trinajstić information content (AvgIpc) is 2.44. The number of carbonyl (C=O) groups excluding carboxylic acids is 1. The number of nitrogen functional groups attached to an aromatic ring is 1. The van der Waals surface area contributed by atoms with Crippen LogP contribution in [0.5, 0.6) is 0 Å². The van der Waals surface area contributed by atoms with Gasteiger partial charge in [-0.1, -0.05) is 0 Å². The minimum absolute atomic E-state index is 0.0171. The molecule has 3 N–H and O–H groups in total. The van der Waals surface area contributed by atoms with Crippen molar-refractivity contribution in [2.75, 3.05) is 30.3 Å². The van der Waals surface area contributed by atoms with Crippen molar-refractivity contribution in [3.05, 3.63) is 24.5 Å². The molecule has 0 bridgehead atoms. The summed E-state index contributed by atoms with van der Waals surface area (Å²) in [6, 6.07) is 5.51. The van der Waals surface area contributed by atoms with Crippen LogP contribution < -0.4 is 16.0 Å². The van der Waals surface area contributed by atoms with Gasteiger partial charge in [0.05, 0.1) is 12.1 Å². The molecule has 6 heteroatoms. The highest BCUT2D eigenvalue weighted by Gasteiger charge is 2.14. The van der Waals surface area contributed by atoms with Crippen LogP contribution in [0, 0.1) is 0 Å². The SMILES string of the molecule is CCNC(=O)CN(CC)c1ncnc2cc(N)ccc12. The minimum Gasteiger partial charge on any atom is -0.399 e. The minimum atomic E-state index is -0.0171. The molecule has 106 valence electrons. The molecule has 0 unspecified atom stereocenters. The molecule has 0 fully saturated rings. The molecule has 1 aromatic heterocycles. The van der Waals surface area contributed by atoms with E-state index in [1.165, 1.54) is 6.33 Å². The maximum absolute atomic E-state index is 11.8. The number of nitrogens with one attached hydrogen (secondary N) is 1. The molecule has 0 aliphatic heterocycles. The summed E-state index contributed by atoms with van der Waals surface area (Å²) in [5, 5.41) is 3.69. The van der Waals surface area contributed by atoms with Crippen LogP contribution >= 0.6 is 0 Å². The standard InChI is InChI=1S/C14H19N5O/c1-3-16-13(20)8-19(4-2)14-11-6-5-10(15)7-12(11)17-9-18-14/h5-7,9H,3-4,8,15H2,1-2H3,(H,16,20). The van der Waals surface area contributed by atoms with Gasteiger partial charge in [-0.15, -0.1) is 0 Å². The number of benzene rings is 1. The van der Waals surface area contributed by atoms with Crippen LogP contribution in [-0.2, 0) is 4.79 Å². The predicted octanol–water partition coefficient (Wildman–Crippen LogP) is 1.17. The van der Waals surface area contributed by atoms with Crippen molar-refractivity contribution in [3.63, 3.8) is 0 Å². The van der Waals surface area contributed by atoms with E-state index in [0.717, 1.165) is 16.7 Å². The Balaban J connectivity index is 2.36. The highest BCUT2D eigenvalue weighted by molar-refractivity contribution is 5.92. The molecular weight excluding hydrogens is 254 g/mol. The quantitative estimate of drug-likeness (QED) is 0.799. The average molecular weight is 273 g/mol. The smallest absolute Gasteiger partial charge is 0.239 e. The van der Waals surface area contributed by atoms with Crippen molar-refractivity contribution >= 4 is 28.3 Å². The normalized spacial score (nSPS) is 10.5. The van der Waals surface area contributed by atoms with E-state index in [9.17, 15) is 4.79 Å². The lowest BCUT2D eigenvalue weighted by Crippen LogP contribution is -2.37. The van der Waals surface area contributed by atoms with Gasteiger partial charge in [-0.3, -0.25) is 4.79 Å². The van der Waals surface area contributed by atoms with E-state index >= 15 is 0 Å². The first-order chi connectivity index (χ1) is 9.65. The van der Waals surface area contributed by atoms with Gasteiger partial charge in [0.1, 0.15) is 12.1 Å². The highest BCUT2D eigenvalue weighted by atomic mass is 16.2. The van der Waals surface area contributed by atoms with Crippen LogP contribution in [-0.4, -0.2) is 35.5 Å². The molecular formula is C14H19N5O. The summed E-state index contributed by atoms with van der Waals surface area (Å²) in [5.41, 5.74) is 7.21. The van der Waals surface area contributed by atoms with E-state index in [4.69, 9.17) is 5.73 Å². The molecule has 0 aliphatic rings. The second kappa shape index (κ2) is 6.18. The number of anilines is 2. The van der Waals surface area contributed by atoms with E-state index < -0.39 is 0 Å². The summed E-state index contributed by atoms with van der Waals surface area (Å²) in [4.78, 5) is 22.2. The number of fused-ring (bicyclic) bond motifs is 1.